The molecule has 3 aromatic rings. The minimum atomic E-state index is -3.85. The number of thiol groups is 1. The Balaban J connectivity index is 1.88. The summed E-state index contributed by atoms with van der Waals surface area (Å²) in [6.07, 6.45) is 2.88. The standard InChI is InChI=1S/C18H17Cl2N3O3S2/c1-27(21,24)16-4-2-3-14(10-16)23-28(25,26)15-7-5-12(6-8-15)18-17(20)9-13(19)11-22-18/h2-11,23,27H,1H3,(H2,21,24). The summed E-state index contributed by atoms with van der Waals surface area (Å²) in [4.78, 5) is 4.61. The van der Waals surface area contributed by atoms with Crippen LogP contribution in [0.1, 0.15) is 0 Å². The van der Waals surface area contributed by atoms with E-state index in [9.17, 15) is 12.6 Å². The number of pyridine rings is 1. The van der Waals surface area contributed by atoms with Crippen LogP contribution in [0.15, 0.2) is 70.6 Å². The lowest BCUT2D eigenvalue weighted by Crippen LogP contribution is -2.21. The molecule has 0 aliphatic heterocycles. The predicted molar refractivity (Wildman–Crippen MR) is 115 cm³/mol. The number of hydrogen-bond donors (Lipinski definition) is 3. The number of benzene rings is 2. The van der Waals surface area contributed by atoms with Gasteiger partial charge < -0.3 is 0 Å². The summed E-state index contributed by atoms with van der Waals surface area (Å²) in [6, 6.07) is 13.9. The van der Waals surface area contributed by atoms with Crippen molar-refractivity contribution in [3.63, 3.8) is 0 Å². The lowest BCUT2D eigenvalue weighted by Gasteiger charge is -2.15. The number of rotatable bonds is 5. The zero-order chi connectivity index (χ0) is 20.5. The Morgan fingerprint density at radius 1 is 1.07 bits per heavy atom. The van der Waals surface area contributed by atoms with E-state index in [0.717, 1.165) is 0 Å². The second-order valence-electron chi connectivity index (χ2n) is 6.15. The Hall–Kier alpha value is -1.97. The van der Waals surface area contributed by atoms with Crippen molar-refractivity contribution < 1.29 is 12.6 Å². The van der Waals surface area contributed by atoms with E-state index in [4.69, 9.17) is 28.3 Å². The van der Waals surface area contributed by atoms with Crippen LogP contribution in [-0.4, -0.2) is 23.9 Å². The van der Waals surface area contributed by atoms with Gasteiger partial charge in [0.1, 0.15) is 0 Å². The van der Waals surface area contributed by atoms with Crippen LogP contribution in [0.4, 0.5) is 5.69 Å². The Kier molecular flexibility index (Phi) is 5.79. The molecule has 0 saturated heterocycles. The minimum Gasteiger partial charge on any atom is -0.280 e. The number of hydrogen-bond acceptors (Lipinski definition) is 4. The van der Waals surface area contributed by atoms with Gasteiger partial charge in [0.2, 0.25) is 0 Å². The van der Waals surface area contributed by atoms with E-state index >= 15 is 0 Å². The summed E-state index contributed by atoms with van der Waals surface area (Å²) in [6.45, 7) is 0. The summed E-state index contributed by atoms with van der Waals surface area (Å²) in [5.74, 6) is 0. The first kappa shape index (κ1) is 20.8. The van der Waals surface area contributed by atoms with E-state index in [2.05, 4.69) is 9.71 Å². The van der Waals surface area contributed by atoms with Crippen molar-refractivity contribution in [3.8, 4) is 11.3 Å². The van der Waals surface area contributed by atoms with Gasteiger partial charge in [-0.05, 0) is 46.5 Å². The molecule has 0 fully saturated rings. The molecule has 6 nitrogen and oxygen atoms in total. The van der Waals surface area contributed by atoms with Crippen molar-refractivity contribution in [1.82, 2.24) is 4.98 Å². The van der Waals surface area contributed by atoms with Gasteiger partial charge in [-0.2, -0.15) is 0 Å². The highest BCUT2D eigenvalue weighted by molar-refractivity contribution is 8.00. The Morgan fingerprint density at radius 3 is 2.36 bits per heavy atom. The second kappa shape index (κ2) is 7.81. The molecular formula is C18H17Cl2N3O3S2. The van der Waals surface area contributed by atoms with Crippen molar-refractivity contribution in [2.24, 2.45) is 5.14 Å². The number of nitrogens with two attached hydrogens (primary N) is 1. The number of nitrogens with zero attached hydrogens (tertiary/aromatic N) is 1. The zero-order valence-corrected chi connectivity index (χ0v) is 17.9. The van der Waals surface area contributed by atoms with E-state index in [1.165, 1.54) is 30.7 Å². The predicted octanol–water partition coefficient (Wildman–Crippen LogP) is 3.74. The van der Waals surface area contributed by atoms with E-state index in [0.29, 0.717) is 26.2 Å². The fourth-order valence-electron chi connectivity index (χ4n) is 2.48. The number of aromatic nitrogens is 1. The molecular weight excluding hydrogens is 441 g/mol. The van der Waals surface area contributed by atoms with E-state index < -0.39 is 20.1 Å². The second-order valence-corrected chi connectivity index (χ2v) is 11.2. The van der Waals surface area contributed by atoms with Gasteiger partial charge >= 0.3 is 0 Å². The molecule has 1 heterocycles. The van der Waals surface area contributed by atoms with Crippen LogP contribution in [0.2, 0.25) is 10.0 Å². The quantitative estimate of drug-likeness (QED) is 0.507. The SMILES string of the molecule is C[SH](N)(=O)c1cccc(NS(=O)(=O)c2ccc(-c3ncc(Cl)cc3Cl)cc2)c1. The number of anilines is 1. The Bertz CT molecular complexity index is 1180. The van der Waals surface area contributed by atoms with Crippen LogP contribution in [0.25, 0.3) is 11.3 Å². The highest BCUT2D eigenvalue weighted by Crippen LogP contribution is 2.29. The first-order valence-electron chi connectivity index (χ1n) is 7.97. The van der Waals surface area contributed by atoms with Crippen molar-refractivity contribution in [2.75, 3.05) is 11.0 Å². The van der Waals surface area contributed by atoms with Gasteiger partial charge in [-0.1, -0.05) is 41.4 Å². The Labute approximate surface area is 174 Å². The number of halogens is 2. The first-order valence-corrected chi connectivity index (χ1v) is 12.4. The normalized spacial score (nSPS) is 12.6. The van der Waals surface area contributed by atoms with Gasteiger partial charge in [-0.25, -0.2) is 8.42 Å². The largest absolute Gasteiger partial charge is 0.280 e. The lowest BCUT2D eigenvalue weighted by atomic mass is 10.1. The number of nitrogens with one attached hydrogen (secondary N) is 1. The minimum absolute atomic E-state index is 0.0548. The molecule has 2 aromatic carbocycles. The zero-order valence-electron chi connectivity index (χ0n) is 14.6. The fraction of sp³-hybridized carbons (Fsp3) is 0.0556. The summed E-state index contributed by atoms with van der Waals surface area (Å²) in [5.41, 5.74) is 1.42. The van der Waals surface area contributed by atoms with E-state index in [1.54, 1.807) is 36.4 Å². The number of sulfonamides is 1. The van der Waals surface area contributed by atoms with Crippen LogP contribution in [-0.2, 0) is 20.1 Å². The molecule has 0 saturated carbocycles. The van der Waals surface area contributed by atoms with Crippen molar-refractivity contribution in [3.05, 3.63) is 70.8 Å². The Morgan fingerprint density at radius 2 is 1.75 bits per heavy atom. The molecule has 0 spiro atoms. The molecule has 148 valence electrons. The molecule has 3 N–H and O–H groups in total. The van der Waals surface area contributed by atoms with Crippen LogP contribution in [0, 0.1) is 0 Å². The molecule has 0 atom stereocenters. The highest BCUT2D eigenvalue weighted by atomic mass is 35.5. The average Bonchev–Trinajstić information content (AvgIpc) is 2.61. The highest BCUT2D eigenvalue weighted by Gasteiger charge is 2.16. The van der Waals surface area contributed by atoms with Crippen LogP contribution >= 0.6 is 23.2 Å². The average molecular weight is 458 g/mol. The van der Waals surface area contributed by atoms with Crippen LogP contribution < -0.4 is 9.86 Å². The third-order valence-electron chi connectivity index (χ3n) is 3.86. The smallest absolute Gasteiger partial charge is 0.261 e. The lowest BCUT2D eigenvalue weighted by molar-refractivity contribution is 0.601. The van der Waals surface area contributed by atoms with Crippen molar-refractivity contribution in [1.29, 1.82) is 0 Å². The third kappa shape index (κ3) is 4.71. The van der Waals surface area contributed by atoms with Gasteiger partial charge in [-0.15, -0.1) is 0 Å². The first-order chi connectivity index (χ1) is 13.1. The van der Waals surface area contributed by atoms with Crippen molar-refractivity contribution in [2.45, 2.75) is 9.79 Å². The molecule has 1 aromatic heterocycles. The molecule has 0 unspecified atom stereocenters. The van der Waals surface area contributed by atoms with Gasteiger partial charge in [0.15, 0.2) is 0 Å². The molecule has 10 heteroatoms. The molecule has 28 heavy (non-hydrogen) atoms. The molecule has 0 aliphatic carbocycles. The van der Waals surface area contributed by atoms with Crippen LogP contribution in [0.5, 0.6) is 0 Å². The molecule has 0 aliphatic rings. The maximum Gasteiger partial charge on any atom is 0.261 e. The summed E-state index contributed by atoms with van der Waals surface area (Å²) >= 11 is 12.0. The van der Waals surface area contributed by atoms with E-state index in [1.807, 2.05) is 0 Å². The van der Waals surface area contributed by atoms with Gasteiger partial charge in [0, 0.05) is 28.6 Å². The van der Waals surface area contributed by atoms with E-state index in [-0.39, 0.29) is 10.6 Å². The maximum absolute atomic E-state index is 12.7. The molecule has 0 radical (unpaired) electrons. The van der Waals surface area contributed by atoms with Crippen molar-refractivity contribution >= 4 is 49.0 Å². The summed E-state index contributed by atoms with van der Waals surface area (Å²) in [7, 11) is -6.84. The van der Waals surface area contributed by atoms with Crippen LogP contribution in [0.3, 0.4) is 0 Å². The topological polar surface area (TPSA) is 102 Å². The summed E-state index contributed by atoms with van der Waals surface area (Å²) in [5, 5.41) is 6.42. The van der Waals surface area contributed by atoms with Gasteiger partial charge in [0.05, 0.1) is 20.6 Å². The van der Waals surface area contributed by atoms with Gasteiger partial charge in [-0.3, -0.25) is 19.1 Å². The maximum atomic E-state index is 12.7. The molecule has 0 amide bonds. The molecule has 3 rings (SSSR count). The molecule has 0 bridgehead atoms. The fourth-order valence-corrected chi connectivity index (χ4v) is 4.79. The third-order valence-corrected chi connectivity index (χ3v) is 7.05. The van der Waals surface area contributed by atoms with Gasteiger partial charge in [0.25, 0.3) is 10.0 Å². The summed E-state index contributed by atoms with van der Waals surface area (Å²) < 4.78 is 39.8. The monoisotopic (exact) mass is 457 g/mol.